The van der Waals surface area contributed by atoms with Crippen LogP contribution in [0, 0.1) is 0 Å². The molecule has 2 amide bonds. The van der Waals surface area contributed by atoms with Crippen molar-refractivity contribution in [2.24, 2.45) is 5.14 Å². The Bertz CT molecular complexity index is 887. The molecular weight excluding hydrogens is 280 g/mol. The Hall–Kier alpha value is -2.25. The van der Waals surface area contributed by atoms with Crippen LogP contribution in [0.2, 0.25) is 0 Å². The van der Waals surface area contributed by atoms with E-state index in [0.29, 0.717) is 16.3 Å². The van der Waals surface area contributed by atoms with E-state index in [2.05, 4.69) is 0 Å². The molecule has 0 spiro atoms. The van der Waals surface area contributed by atoms with Crippen LogP contribution in [-0.2, 0) is 10.0 Å². The van der Waals surface area contributed by atoms with Crippen molar-refractivity contribution in [3.8, 4) is 0 Å². The lowest BCUT2D eigenvalue weighted by Crippen LogP contribution is -2.37. The fraction of sp³-hybridized carbons (Fsp3) is 0.0769. The van der Waals surface area contributed by atoms with Gasteiger partial charge < -0.3 is 0 Å². The summed E-state index contributed by atoms with van der Waals surface area (Å²) in [6.45, 7) is 0. The molecule has 1 aliphatic rings. The summed E-state index contributed by atoms with van der Waals surface area (Å²) in [5.74, 6) is -0.944. The maximum absolute atomic E-state index is 12.2. The second-order valence-electron chi connectivity index (χ2n) is 4.59. The molecule has 7 heteroatoms. The van der Waals surface area contributed by atoms with Crippen molar-refractivity contribution in [1.82, 2.24) is 4.90 Å². The number of benzene rings is 2. The number of amides is 2. The molecule has 0 saturated carbocycles. The maximum Gasteiger partial charge on any atom is 0.261 e. The first-order valence-corrected chi connectivity index (χ1v) is 7.27. The number of primary sulfonamides is 1. The molecule has 0 saturated heterocycles. The molecule has 0 radical (unpaired) electrons. The van der Waals surface area contributed by atoms with E-state index >= 15 is 0 Å². The molecule has 0 unspecified atom stereocenters. The fourth-order valence-corrected chi connectivity index (χ4v) is 2.94. The standard InChI is InChI=1S/C13H10N2O4S/c1-15-12(16)9-4-2-3-7-5-8(20(14,18)19)6-10(11(7)9)13(15)17/h2-6H,1H3,(H2,14,18,19). The molecule has 20 heavy (non-hydrogen) atoms. The highest BCUT2D eigenvalue weighted by Crippen LogP contribution is 2.31. The third-order valence-corrected chi connectivity index (χ3v) is 4.24. The molecule has 2 N–H and O–H groups in total. The van der Waals surface area contributed by atoms with E-state index in [4.69, 9.17) is 5.14 Å². The number of hydrogen-bond acceptors (Lipinski definition) is 4. The van der Waals surface area contributed by atoms with Crippen molar-refractivity contribution in [3.05, 3.63) is 41.5 Å². The summed E-state index contributed by atoms with van der Waals surface area (Å²) >= 11 is 0. The zero-order valence-electron chi connectivity index (χ0n) is 10.5. The normalized spacial score (nSPS) is 15.0. The van der Waals surface area contributed by atoms with Gasteiger partial charge in [-0.15, -0.1) is 0 Å². The minimum atomic E-state index is -3.93. The Morgan fingerprint density at radius 2 is 1.70 bits per heavy atom. The summed E-state index contributed by atoms with van der Waals surface area (Å²) in [7, 11) is -2.57. The Kier molecular flexibility index (Phi) is 2.47. The zero-order valence-corrected chi connectivity index (χ0v) is 11.3. The second-order valence-corrected chi connectivity index (χ2v) is 6.15. The molecule has 0 aromatic heterocycles. The van der Waals surface area contributed by atoms with Crippen LogP contribution in [0.15, 0.2) is 35.2 Å². The Labute approximate surface area is 114 Å². The van der Waals surface area contributed by atoms with Crippen molar-refractivity contribution < 1.29 is 18.0 Å². The molecule has 0 aliphatic carbocycles. The zero-order chi connectivity index (χ0) is 14.7. The first-order valence-electron chi connectivity index (χ1n) is 5.72. The van der Waals surface area contributed by atoms with Gasteiger partial charge in [-0.25, -0.2) is 13.6 Å². The third kappa shape index (κ3) is 1.64. The van der Waals surface area contributed by atoms with Crippen molar-refractivity contribution in [2.75, 3.05) is 7.05 Å². The van der Waals surface area contributed by atoms with Crippen molar-refractivity contribution in [3.63, 3.8) is 0 Å². The van der Waals surface area contributed by atoms with Crippen LogP contribution in [0.1, 0.15) is 20.7 Å². The first-order chi connectivity index (χ1) is 9.30. The molecule has 0 fully saturated rings. The van der Waals surface area contributed by atoms with E-state index in [9.17, 15) is 18.0 Å². The average molecular weight is 290 g/mol. The molecule has 1 heterocycles. The SMILES string of the molecule is CN1C(=O)c2cccc3cc(S(N)(=O)=O)cc(c23)C1=O. The van der Waals surface area contributed by atoms with Crippen LogP contribution in [0.5, 0.6) is 0 Å². The first kappa shape index (κ1) is 12.8. The van der Waals surface area contributed by atoms with Gasteiger partial charge in [0.15, 0.2) is 0 Å². The van der Waals surface area contributed by atoms with Crippen molar-refractivity contribution in [2.45, 2.75) is 4.90 Å². The van der Waals surface area contributed by atoms with Crippen molar-refractivity contribution >= 4 is 32.6 Å². The van der Waals surface area contributed by atoms with Gasteiger partial charge in [0.25, 0.3) is 11.8 Å². The second kappa shape index (κ2) is 3.87. The third-order valence-electron chi connectivity index (χ3n) is 3.35. The molecule has 1 aliphatic heterocycles. The highest BCUT2D eigenvalue weighted by atomic mass is 32.2. The molecule has 0 atom stereocenters. The number of rotatable bonds is 1. The number of hydrogen-bond donors (Lipinski definition) is 1. The van der Waals surface area contributed by atoms with Crippen molar-refractivity contribution in [1.29, 1.82) is 0 Å². The van der Waals surface area contributed by atoms with Gasteiger partial charge in [0.1, 0.15) is 0 Å². The predicted octanol–water partition coefficient (Wildman–Crippen LogP) is 0.713. The number of carbonyl (C=O) groups excluding carboxylic acids is 2. The van der Waals surface area contributed by atoms with E-state index in [0.717, 1.165) is 4.90 Å². The molecule has 102 valence electrons. The summed E-state index contributed by atoms with van der Waals surface area (Å²) in [4.78, 5) is 25.0. The maximum atomic E-state index is 12.2. The molecule has 0 bridgehead atoms. The average Bonchev–Trinajstić information content (AvgIpc) is 2.40. The largest absolute Gasteiger partial charge is 0.277 e. The van der Waals surface area contributed by atoms with E-state index < -0.39 is 21.8 Å². The van der Waals surface area contributed by atoms with Crippen LogP contribution >= 0.6 is 0 Å². The van der Waals surface area contributed by atoms with Crippen LogP contribution < -0.4 is 5.14 Å². The van der Waals surface area contributed by atoms with Gasteiger partial charge in [-0.3, -0.25) is 14.5 Å². The number of nitrogens with two attached hydrogens (primary N) is 1. The van der Waals surface area contributed by atoms with Gasteiger partial charge >= 0.3 is 0 Å². The topological polar surface area (TPSA) is 97.5 Å². The summed E-state index contributed by atoms with van der Waals surface area (Å²) < 4.78 is 23.0. The van der Waals surface area contributed by atoms with E-state index in [1.165, 1.54) is 19.2 Å². The summed E-state index contributed by atoms with van der Waals surface area (Å²) in [5.41, 5.74) is 0.546. The number of imide groups is 1. The van der Waals surface area contributed by atoms with E-state index in [1.807, 2.05) is 0 Å². The lowest BCUT2D eigenvalue weighted by atomic mass is 9.94. The van der Waals surface area contributed by atoms with Gasteiger partial charge in [-0.05, 0) is 23.6 Å². The summed E-state index contributed by atoms with van der Waals surface area (Å²) in [5, 5.41) is 6.08. The van der Waals surface area contributed by atoms with Crippen LogP contribution in [0.3, 0.4) is 0 Å². The van der Waals surface area contributed by atoms with Gasteiger partial charge in [0, 0.05) is 23.6 Å². The molecule has 3 rings (SSSR count). The molecule has 6 nitrogen and oxygen atoms in total. The lowest BCUT2D eigenvalue weighted by Gasteiger charge is -2.24. The van der Waals surface area contributed by atoms with Gasteiger partial charge in [-0.2, -0.15) is 0 Å². The van der Waals surface area contributed by atoms with Crippen LogP contribution in [-0.4, -0.2) is 32.2 Å². The number of nitrogens with zero attached hydrogens (tertiary/aromatic N) is 1. The summed E-state index contributed by atoms with van der Waals surface area (Å²) in [6, 6.07) is 7.46. The smallest absolute Gasteiger partial charge is 0.261 e. The Morgan fingerprint density at radius 1 is 1.05 bits per heavy atom. The quantitative estimate of drug-likeness (QED) is 0.782. The monoisotopic (exact) mass is 290 g/mol. The predicted molar refractivity (Wildman–Crippen MR) is 71.7 cm³/mol. The minimum absolute atomic E-state index is 0.145. The van der Waals surface area contributed by atoms with E-state index in [1.54, 1.807) is 18.2 Å². The van der Waals surface area contributed by atoms with Crippen LogP contribution in [0.25, 0.3) is 10.8 Å². The minimum Gasteiger partial charge on any atom is -0.277 e. The molecule has 2 aromatic rings. The molecule has 2 aromatic carbocycles. The molecular formula is C13H10N2O4S. The highest BCUT2D eigenvalue weighted by molar-refractivity contribution is 7.89. The Balaban J connectivity index is 2.51. The van der Waals surface area contributed by atoms with Gasteiger partial charge in [0.05, 0.1) is 4.90 Å². The fourth-order valence-electron chi connectivity index (χ4n) is 2.37. The van der Waals surface area contributed by atoms with E-state index in [-0.39, 0.29) is 10.5 Å². The number of sulfonamides is 1. The number of carbonyl (C=O) groups is 2. The van der Waals surface area contributed by atoms with Crippen LogP contribution in [0.4, 0.5) is 0 Å². The highest BCUT2D eigenvalue weighted by Gasteiger charge is 2.31. The lowest BCUT2D eigenvalue weighted by molar-refractivity contribution is 0.0650. The Morgan fingerprint density at radius 3 is 2.35 bits per heavy atom. The van der Waals surface area contributed by atoms with Gasteiger partial charge in [-0.1, -0.05) is 12.1 Å². The van der Waals surface area contributed by atoms with Gasteiger partial charge in [0.2, 0.25) is 10.0 Å². The summed E-state index contributed by atoms with van der Waals surface area (Å²) in [6.07, 6.45) is 0.